The maximum Gasteiger partial charge on any atom is 0.313 e. The number of thioether (sulfide) groups is 1. The number of rotatable bonds is 7. The molecule has 0 aliphatic carbocycles. The van der Waals surface area contributed by atoms with Crippen LogP contribution in [0.5, 0.6) is 0 Å². The zero-order valence-corrected chi connectivity index (χ0v) is 12.1. The first-order chi connectivity index (χ1) is 10.1. The molecule has 1 heterocycles. The second kappa shape index (κ2) is 7.19. The van der Waals surface area contributed by atoms with Crippen LogP contribution in [0.15, 0.2) is 29.4 Å². The van der Waals surface area contributed by atoms with Gasteiger partial charge in [-0.15, -0.1) is 10.2 Å². The summed E-state index contributed by atoms with van der Waals surface area (Å²) >= 11 is 1.07. The molecule has 0 saturated carbocycles. The van der Waals surface area contributed by atoms with Gasteiger partial charge in [-0.2, -0.15) is 0 Å². The van der Waals surface area contributed by atoms with E-state index in [0.717, 1.165) is 11.8 Å². The van der Waals surface area contributed by atoms with E-state index in [-0.39, 0.29) is 11.6 Å². The molecular weight excluding hydrogens is 297 g/mol. The normalized spacial score (nSPS) is 10.8. The van der Waals surface area contributed by atoms with Crippen LogP contribution in [0.1, 0.15) is 0 Å². The van der Waals surface area contributed by atoms with Crippen molar-refractivity contribution in [3.63, 3.8) is 0 Å². The Morgan fingerprint density at radius 2 is 2.29 bits per heavy atom. The molecule has 0 aliphatic rings. The Morgan fingerprint density at radius 1 is 1.48 bits per heavy atom. The third-order valence-electron chi connectivity index (χ3n) is 2.64. The van der Waals surface area contributed by atoms with E-state index in [1.807, 2.05) is 0 Å². The van der Waals surface area contributed by atoms with Crippen molar-refractivity contribution in [3.8, 4) is 11.4 Å². The number of carboxylic acids is 1. The van der Waals surface area contributed by atoms with Gasteiger partial charge in [-0.3, -0.25) is 9.36 Å². The Hall–Kier alpha value is -1.93. The summed E-state index contributed by atoms with van der Waals surface area (Å²) in [5, 5.41) is 17.2. The van der Waals surface area contributed by atoms with Crippen LogP contribution in [0, 0.1) is 5.82 Å². The van der Waals surface area contributed by atoms with Gasteiger partial charge in [0, 0.05) is 12.7 Å². The number of ether oxygens (including phenoxy) is 1. The third-order valence-corrected chi connectivity index (χ3v) is 3.59. The van der Waals surface area contributed by atoms with Crippen LogP contribution in [0.4, 0.5) is 4.39 Å². The average molecular weight is 311 g/mol. The molecule has 0 radical (unpaired) electrons. The lowest BCUT2D eigenvalue weighted by atomic mass is 10.2. The molecule has 8 heteroatoms. The molecule has 0 fully saturated rings. The van der Waals surface area contributed by atoms with Crippen LogP contribution >= 0.6 is 11.8 Å². The first kappa shape index (κ1) is 15.5. The van der Waals surface area contributed by atoms with Crippen molar-refractivity contribution in [1.82, 2.24) is 14.8 Å². The summed E-state index contributed by atoms with van der Waals surface area (Å²) in [4.78, 5) is 10.7. The van der Waals surface area contributed by atoms with Gasteiger partial charge in [-0.1, -0.05) is 23.9 Å². The Labute approximate surface area is 124 Å². The molecule has 0 amide bonds. The zero-order chi connectivity index (χ0) is 15.2. The van der Waals surface area contributed by atoms with Gasteiger partial charge < -0.3 is 9.84 Å². The fourth-order valence-electron chi connectivity index (χ4n) is 1.75. The van der Waals surface area contributed by atoms with Crippen molar-refractivity contribution < 1.29 is 19.0 Å². The van der Waals surface area contributed by atoms with Crippen molar-refractivity contribution >= 4 is 17.7 Å². The summed E-state index contributed by atoms with van der Waals surface area (Å²) in [6, 6.07) is 6.02. The fraction of sp³-hybridized carbons (Fsp3) is 0.308. The predicted octanol–water partition coefficient (Wildman–Crippen LogP) is 1.91. The summed E-state index contributed by atoms with van der Waals surface area (Å²) in [5.41, 5.74) is 0.584. The van der Waals surface area contributed by atoms with Crippen molar-refractivity contribution in [2.75, 3.05) is 19.5 Å². The lowest BCUT2D eigenvalue weighted by Gasteiger charge is -2.09. The van der Waals surface area contributed by atoms with E-state index >= 15 is 0 Å². The number of carboxylic acid groups (broad SMARTS) is 1. The molecule has 0 atom stereocenters. The topological polar surface area (TPSA) is 77.2 Å². The molecule has 0 unspecified atom stereocenters. The molecule has 21 heavy (non-hydrogen) atoms. The Morgan fingerprint density at radius 3 is 2.95 bits per heavy atom. The van der Waals surface area contributed by atoms with Gasteiger partial charge in [-0.25, -0.2) is 4.39 Å². The number of benzene rings is 1. The molecule has 0 aliphatic heterocycles. The lowest BCUT2D eigenvalue weighted by molar-refractivity contribution is -0.133. The van der Waals surface area contributed by atoms with Gasteiger partial charge in [0.1, 0.15) is 5.82 Å². The van der Waals surface area contributed by atoms with E-state index in [0.29, 0.717) is 29.7 Å². The molecule has 0 spiro atoms. The van der Waals surface area contributed by atoms with Crippen molar-refractivity contribution in [2.24, 2.45) is 0 Å². The fourth-order valence-corrected chi connectivity index (χ4v) is 2.43. The number of carbonyl (C=O) groups is 1. The monoisotopic (exact) mass is 311 g/mol. The van der Waals surface area contributed by atoms with Gasteiger partial charge >= 0.3 is 5.97 Å². The summed E-state index contributed by atoms with van der Waals surface area (Å²) in [7, 11) is 1.57. The second-order valence-corrected chi connectivity index (χ2v) is 5.09. The van der Waals surface area contributed by atoms with Crippen molar-refractivity contribution in [2.45, 2.75) is 11.7 Å². The van der Waals surface area contributed by atoms with E-state index in [2.05, 4.69) is 10.2 Å². The number of methoxy groups -OCH3 is 1. The van der Waals surface area contributed by atoms with Crippen LogP contribution in [0.25, 0.3) is 11.4 Å². The van der Waals surface area contributed by atoms with E-state index in [1.54, 1.807) is 23.8 Å². The van der Waals surface area contributed by atoms with Crippen LogP contribution in [-0.2, 0) is 16.1 Å². The molecule has 2 aromatic rings. The van der Waals surface area contributed by atoms with Gasteiger partial charge in [0.2, 0.25) is 0 Å². The lowest BCUT2D eigenvalue weighted by Crippen LogP contribution is -2.08. The average Bonchev–Trinajstić information content (AvgIpc) is 2.85. The standard InChI is InChI=1S/C13H14FN3O3S/c1-20-6-5-17-12(9-3-2-4-10(14)7-9)15-16-13(17)21-8-11(18)19/h2-4,7H,5-6,8H2,1H3,(H,18,19). The Bertz CT molecular complexity index is 633. The van der Waals surface area contributed by atoms with E-state index in [1.165, 1.54) is 12.1 Å². The maximum absolute atomic E-state index is 13.3. The highest BCUT2D eigenvalue weighted by molar-refractivity contribution is 7.99. The molecule has 112 valence electrons. The number of nitrogens with zero attached hydrogens (tertiary/aromatic N) is 3. The largest absolute Gasteiger partial charge is 0.481 e. The second-order valence-electron chi connectivity index (χ2n) is 4.14. The number of halogens is 1. The highest BCUT2D eigenvalue weighted by Crippen LogP contribution is 2.24. The number of hydrogen-bond donors (Lipinski definition) is 1. The minimum Gasteiger partial charge on any atom is -0.481 e. The number of aliphatic carboxylic acids is 1. The van der Waals surface area contributed by atoms with Crippen LogP contribution in [0.2, 0.25) is 0 Å². The molecular formula is C13H14FN3O3S. The number of aromatic nitrogens is 3. The van der Waals surface area contributed by atoms with Crippen molar-refractivity contribution in [3.05, 3.63) is 30.1 Å². The SMILES string of the molecule is COCCn1c(SCC(=O)O)nnc1-c1cccc(F)c1. The quantitative estimate of drug-likeness (QED) is 0.787. The van der Waals surface area contributed by atoms with E-state index in [9.17, 15) is 9.18 Å². The summed E-state index contributed by atoms with van der Waals surface area (Å²) in [5.74, 6) is -0.935. The first-order valence-electron chi connectivity index (χ1n) is 6.14. The van der Waals surface area contributed by atoms with Gasteiger partial charge in [0.05, 0.1) is 18.9 Å². The van der Waals surface area contributed by atoms with Crippen LogP contribution in [-0.4, -0.2) is 45.3 Å². The summed E-state index contributed by atoms with van der Waals surface area (Å²) < 4.78 is 20.1. The molecule has 0 saturated heterocycles. The molecule has 1 N–H and O–H groups in total. The van der Waals surface area contributed by atoms with E-state index < -0.39 is 5.97 Å². The highest BCUT2D eigenvalue weighted by Gasteiger charge is 2.15. The van der Waals surface area contributed by atoms with Gasteiger partial charge in [0.25, 0.3) is 0 Å². The van der Waals surface area contributed by atoms with Gasteiger partial charge in [-0.05, 0) is 12.1 Å². The molecule has 1 aromatic carbocycles. The predicted molar refractivity (Wildman–Crippen MR) is 75.7 cm³/mol. The first-order valence-corrected chi connectivity index (χ1v) is 7.13. The third kappa shape index (κ3) is 4.02. The smallest absolute Gasteiger partial charge is 0.313 e. The van der Waals surface area contributed by atoms with Crippen LogP contribution in [0.3, 0.4) is 0 Å². The summed E-state index contributed by atoms with van der Waals surface area (Å²) in [6.45, 7) is 0.873. The Kier molecular flexibility index (Phi) is 5.29. The molecule has 6 nitrogen and oxygen atoms in total. The molecule has 0 bridgehead atoms. The maximum atomic E-state index is 13.3. The summed E-state index contributed by atoms with van der Waals surface area (Å²) in [6.07, 6.45) is 0. The minimum absolute atomic E-state index is 0.117. The van der Waals surface area contributed by atoms with Crippen LogP contribution < -0.4 is 0 Å². The highest BCUT2D eigenvalue weighted by atomic mass is 32.2. The number of hydrogen-bond acceptors (Lipinski definition) is 5. The Balaban J connectivity index is 2.33. The zero-order valence-electron chi connectivity index (χ0n) is 11.3. The minimum atomic E-state index is -0.936. The molecule has 2 rings (SSSR count). The molecule has 1 aromatic heterocycles. The van der Waals surface area contributed by atoms with E-state index in [4.69, 9.17) is 9.84 Å². The van der Waals surface area contributed by atoms with Gasteiger partial charge in [0.15, 0.2) is 11.0 Å². The van der Waals surface area contributed by atoms with Crippen molar-refractivity contribution in [1.29, 1.82) is 0 Å².